The van der Waals surface area contributed by atoms with E-state index in [4.69, 9.17) is 4.74 Å². The Balaban J connectivity index is 1.05. The fourth-order valence-electron chi connectivity index (χ4n) is 5.52. The van der Waals surface area contributed by atoms with Gasteiger partial charge >= 0.3 is 0 Å². The molecular weight excluding hydrogens is 552 g/mol. The third-order valence-electron chi connectivity index (χ3n) is 7.94. The first-order valence-corrected chi connectivity index (χ1v) is 16.3. The molecule has 3 aromatic rings. The molecule has 0 atom stereocenters. The maximum atomic E-state index is 13.0. The number of sulfone groups is 1. The zero-order valence-electron chi connectivity index (χ0n) is 24.2. The predicted molar refractivity (Wildman–Crippen MR) is 160 cm³/mol. The summed E-state index contributed by atoms with van der Waals surface area (Å²) in [4.78, 5) is 34.6. The van der Waals surface area contributed by atoms with E-state index in [0.717, 1.165) is 32.5 Å². The van der Waals surface area contributed by atoms with E-state index >= 15 is 0 Å². The van der Waals surface area contributed by atoms with Crippen LogP contribution in [0.2, 0.25) is 0 Å². The minimum absolute atomic E-state index is 0.0634. The minimum atomic E-state index is -3.25. The number of carbonyl (C=O) groups is 2. The summed E-state index contributed by atoms with van der Waals surface area (Å²) in [7, 11) is -3.25. The standard InChI is InChI=1S/C32H38N4O5S/c1-23-4-3-5-24(20-23)22-35-16-12-26(13-17-35)34-31(37)25-6-11-30(33-21-25)32(38)36-18-14-28(15-19-36)41-27-7-9-29(10-8-27)42(2,39)40/h3-11,20-21,26,28H,12-19,22H2,1-2H3,(H,34,37). The zero-order chi connectivity index (χ0) is 29.7. The van der Waals surface area contributed by atoms with Gasteiger partial charge in [-0.1, -0.05) is 29.8 Å². The first kappa shape index (κ1) is 29.7. The van der Waals surface area contributed by atoms with Gasteiger partial charge < -0.3 is 15.0 Å². The van der Waals surface area contributed by atoms with E-state index in [-0.39, 0.29) is 28.9 Å². The Kier molecular flexibility index (Phi) is 9.23. The Bertz CT molecular complexity index is 1490. The average molecular weight is 591 g/mol. The molecule has 2 aliphatic heterocycles. The van der Waals surface area contributed by atoms with E-state index in [1.165, 1.54) is 35.7 Å². The van der Waals surface area contributed by atoms with Gasteiger partial charge in [-0.15, -0.1) is 0 Å². The Labute approximate surface area is 247 Å². The topological polar surface area (TPSA) is 109 Å². The maximum absolute atomic E-state index is 13.0. The summed E-state index contributed by atoms with van der Waals surface area (Å²) in [5.41, 5.74) is 3.34. The fraction of sp³-hybridized carbons (Fsp3) is 0.406. The summed E-state index contributed by atoms with van der Waals surface area (Å²) in [6.07, 6.45) is 5.69. The van der Waals surface area contributed by atoms with Gasteiger partial charge in [0.25, 0.3) is 11.8 Å². The van der Waals surface area contributed by atoms with Gasteiger partial charge in [0, 0.05) is 64.1 Å². The van der Waals surface area contributed by atoms with Crippen molar-refractivity contribution in [3.05, 3.63) is 89.2 Å². The van der Waals surface area contributed by atoms with Crippen LogP contribution >= 0.6 is 0 Å². The van der Waals surface area contributed by atoms with Gasteiger partial charge in [0.1, 0.15) is 17.5 Å². The van der Waals surface area contributed by atoms with Crippen molar-refractivity contribution < 1.29 is 22.7 Å². The lowest BCUT2D eigenvalue weighted by molar-refractivity contribution is 0.0589. The molecule has 2 amide bonds. The lowest BCUT2D eigenvalue weighted by atomic mass is 10.0. The molecule has 3 heterocycles. The molecular formula is C32H38N4O5S. The zero-order valence-corrected chi connectivity index (χ0v) is 25.0. The van der Waals surface area contributed by atoms with Crippen LogP contribution in [-0.2, 0) is 16.4 Å². The average Bonchev–Trinajstić information content (AvgIpc) is 2.98. The smallest absolute Gasteiger partial charge is 0.272 e. The molecule has 0 unspecified atom stereocenters. The summed E-state index contributed by atoms with van der Waals surface area (Å²) in [5, 5.41) is 3.13. The third kappa shape index (κ3) is 7.74. The number of piperidine rings is 2. The van der Waals surface area contributed by atoms with Crippen molar-refractivity contribution in [3.8, 4) is 5.75 Å². The van der Waals surface area contributed by atoms with Crippen molar-refractivity contribution in [1.82, 2.24) is 20.1 Å². The molecule has 42 heavy (non-hydrogen) atoms. The Morgan fingerprint density at radius 2 is 1.67 bits per heavy atom. The highest BCUT2D eigenvalue weighted by Gasteiger charge is 2.26. The number of aromatic nitrogens is 1. The van der Waals surface area contributed by atoms with Crippen LogP contribution in [0.25, 0.3) is 0 Å². The summed E-state index contributed by atoms with van der Waals surface area (Å²) < 4.78 is 29.3. The molecule has 5 rings (SSSR count). The quantitative estimate of drug-likeness (QED) is 0.424. The number of likely N-dealkylation sites (tertiary alicyclic amines) is 2. The molecule has 1 aromatic heterocycles. The third-order valence-corrected chi connectivity index (χ3v) is 9.07. The number of aryl methyl sites for hydroxylation is 1. The predicted octanol–water partition coefficient (Wildman–Crippen LogP) is 3.87. The van der Waals surface area contributed by atoms with Crippen molar-refractivity contribution in [2.75, 3.05) is 32.4 Å². The molecule has 222 valence electrons. The number of nitrogens with zero attached hydrogens (tertiary/aromatic N) is 3. The van der Waals surface area contributed by atoms with Crippen molar-refractivity contribution in [1.29, 1.82) is 0 Å². The van der Waals surface area contributed by atoms with Crippen LogP contribution in [0.1, 0.15) is 57.7 Å². The van der Waals surface area contributed by atoms with Gasteiger partial charge in [-0.2, -0.15) is 0 Å². The Morgan fingerprint density at radius 3 is 2.29 bits per heavy atom. The minimum Gasteiger partial charge on any atom is -0.490 e. The summed E-state index contributed by atoms with van der Waals surface area (Å²) >= 11 is 0. The number of benzene rings is 2. The normalized spacial score (nSPS) is 17.1. The van der Waals surface area contributed by atoms with E-state index in [0.29, 0.717) is 42.9 Å². The number of amides is 2. The maximum Gasteiger partial charge on any atom is 0.272 e. The first-order chi connectivity index (χ1) is 20.1. The highest BCUT2D eigenvalue weighted by Crippen LogP contribution is 2.22. The number of nitrogens with one attached hydrogen (secondary N) is 1. The molecule has 2 saturated heterocycles. The second-order valence-electron chi connectivity index (χ2n) is 11.3. The monoisotopic (exact) mass is 590 g/mol. The molecule has 0 radical (unpaired) electrons. The van der Waals surface area contributed by atoms with Crippen molar-refractivity contribution in [3.63, 3.8) is 0 Å². The SMILES string of the molecule is Cc1cccc(CN2CCC(NC(=O)c3ccc(C(=O)N4CCC(Oc5ccc(S(C)(=O)=O)cc5)CC4)nc3)CC2)c1. The van der Waals surface area contributed by atoms with Gasteiger partial charge in [0.2, 0.25) is 0 Å². The van der Waals surface area contributed by atoms with Gasteiger partial charge in [-0.25, -0.2) is 8.42 Å². The lowest BCUT2D eigenvalue weighted by Gasteiger charge is -2.32. The summed E-state index contributed by atoms with van der Waals surface area (Å²) in [5.74, 6) is 0.274. The molecule has 2 fully saturated rings. The highest BCUT2D eigenvalue weighted by molar-refractivity contribution is 7.90. The van der Waals surface area contributed by atoms with Crippen LogP contribution in [-0.4, -0.2) is 79.6 Å². The van der Waals surface area contributed by atoms with Crippen LogP contribution in [0.4, 0.5) is 0 Å². The van der Waals surface area contributed by atoms with Crippen LogP contribution in [0, 0.1) is 6.92 Å². The number of carbonyl (C=O) groups excluding carboxylic acids is 2. The van der Waals surface area contributed by atoms with E-state index in [1.54, 1.807) is 29.2 Å². The Hall–Kier alpha value is -3.76. The van der Waals surface area contributed by atoms with Crippen molar-refractivity contribution >= 4 is 21.7 Å². The molecule has 1 N–H and O–H groups in total. The number of pyridine rings is 1. The summed E-state index contributed by atoms with van der Waals surface area (Å²) in [6.45, 7) is 5.95. The van der Waals surface area contributed by atoms with Crippen LogP contribution < -0.4 is 10.1 Å². The van der Waals surface area contributed by atoms with Gasteiger partial charge in [0.05, 0.1) is 10.5 Å². The molecule has 10 heteroatoms. The van der Waals surface area contributed by atoms with Crippen molar-refractivity contribution in [2.45, 2.75) is 56.2 Å². The number of hydrogen-bond acceptors (Lipinski definition) is 7. The lowest BCUT2D eigenvalue weighted by Crippen LogP contribution is -2.44. The van der Waals surface area contributed by atoms with E-state index in [2.05, 4.69) is 46.4 Å². The van der Waals surface area contributed by atoms with Crippen LogP contribution in [0.5, 0.6) is 5.75 Å². The van der Waals surface area contributed by atoms with E-state index in [1.807, 2.05) is 0 Å². The van der Waals surface area contributed by atoms with Gasteiger partial charge in [0.15, 0.2) is 9.84 Å². The van der Waals surface area contributed by atoms with Crippen LogP contribution in [0.15, 0.2) is 71.8 Å². The fourth-order valence-corrected chi connectivity index (χ4v) is 6.15. The second kappa shape index (κ2) is 13.0. The van der Waals surface area contributed by atoms with Crippen molar-refractivity contribution in [2.24, 2.45) is 0 Å². The molecule has 0 saturated carbocycles. The van der Waals surface area contributed by atoms with E-state index < -0.39 is 9.84 Å². The number of rotatable bonds is 8. The number of ether oxygens (including phenoxy) is 1. The largest absolute Gasteiger partial charge is 0.490 e. The molecule has 0 spiro atoms. The molecule has 2 aliphatic rings. The number of hydrogen-bond donors (Lipinski definition) is 1. The summed E-state index contributed by atoms with van der Waals surface area (Å²) in [6, 6.07) is 18.4. The molecule has 9 nitrogen and oxygen atoms in total. The first-order valence-electron chi connectivity index (χ1n) is 14.4. The molecule has 0 bridgehead atoms. The second-order valence-corrected chi connectivity index (χ2v) is 13.3. The molecule has 2 aromatic carbocycles. The van der Waals surface area contributed by atoms with Gasteiger partial charge in [-0.05, 0) is 61.7 Å². The highest BCUT2D eigenvalue weighted by atomic mass is 32.2. The van der Waals surface area contributed by atoms with Gasteiger partial charge in [-0.3, -0.25) is 19.5 Å². The van der Waals surface area contributed by atoms with Crippen LogP contribution in [0.3, 0.4) is 0 Å². The van der Waals surface area contributed by atoms with E-state index in [9.17, 15) is 18.0 Å². The Morgan fingerprint density at radius 1 is 0.952 bits per heavy atom. The molecule has 0 aliphatic carbocycles.